The van der Waals surface area contributed by atoms with E-state index in [0.717, 1.165) is 91.5 Å². The maximum absolute atomic E-state index is 15.2. The van der Waals surface area contributed by atoms with Crippen molar-refractivity contribution in [2.75, 3.05) is 0 Å². The molecular formula is C35H44F2. The van der Waals surface area contributed by atoms with Gasteiger partial charge < -0.3 is 0 Å². The molecule has 0 aliphatic heterocycles. The summed E-state index contributed by atoms with van der Waals surface area (Å²) in [5, 5.41) is 0. The Morgan fingerprint density at radius 2 is 1.46 bits per heavy atom. The Labute approximate surface area is 223 Å². The fraction of sp³-hybridized carbons (Fsp3) is 0.543. The number of hydrogen-bond donors (Lipinski definition) is 0. The summed E-state index contributed by atoms with van der Waals surface area (Å²) in [7, 11) is 0. The van der Waals surface area contributed by atoms with Crippen molar-refractivity contribution in [3.8, 4) is 0 Å². The first-order chi connectivity index (χ1) is 18.1. The lowest BCUT2D eigenvalue weighted by atomic mass is 9.76. The lowest BCUT2D eigenvalue weighted by Crippen LogP contribution is -2.14. The highest BCUT2D eigenvalue weighted by Crippen LogP contribution is 2.42. The molecule has 37 heavy (non-hydrogen) atoms. The summed E-state index contributed by atoms with van der Waals surface area (Å²) >= 11 is 0. The quantitative estimate of drug-likeness (QED) is 0.330. The molecule has 3 aliphatic carbocycles. The van der Waals surface area contributed by atoms with Gasteiger partial charge in [0.1, 0.15) is 11.6 Å². The minimum absolute atomic E-state index is 0.0185. The third kappa shape index (κ3) is 6.10. The van der Waals surface area contributed by atoms with E-state index < -0.39 is 0 Å². The first-order valence-corrected chi connectivity index (χ1v) is 15.0. The van der Waals surface area contributed by atoms with Crippen LogP contribution in [-0.4, -0.2) is 0 Å². The van der Waals surface area contributed by atoms with Crippen molar-refractivity contribution in [2.45, 2.75) is 108 Å². The van der Waals surface area contributed by atoms with Gasteiger partial charge in [0.25, 0.3) is 0 Å². The Kier molecular flexibility index (Phi) is 8.63. The topological polar surface area (TPSA) is 0 Å². The maximum Gasteiger partial charge on any atom is 0.130 e. The Bertz CT molecular complexity index is 1100. The molecule has 0 nitrogen and oxygen atoms in total. The molecule has 3 aliphatic rings. The minimum Gasteiger partial charge on any atom is -0.207 e. The molecule has 0 spiro atoms. The lowest BCUT2D eigenvalue weighted by Gasteiger charge is -2.29. The van der Waals surface area contributed by atoms with Crippen LogP contribution < -0.4 is 0 Å². The molecule has 2 heteroatoms. The van der Waals surface area contributed by atoms with Gasteiger partial charge in [0.15, 0.2) is 0 Å². The normalized spacial score (nSPS) is 28.5. The molecule has 2 aromatic rings. The van der Waals surface area contributed by atoms with E-state index in [1.165, 1.54) is 25.7 Å². The van der Waals surface area contributed by atoms with Crippen molar-refractivity contribution in [3.05, 3.63) is 89.0 Å². The van der Waals surface area contributed by atoms with Crippen LogP contribution in [0.2, 0.25) is 0 Å². The van der Waals surface area contributed by atoms with Crippen LogP contribution in [0.1, 0.15) is 130 Å². The van der Waals surface area contributed by atoms with Crippen molar-refractivity contribution in [3.63, 3.8) is 0 Å². The zero-order chi connectivity index (χ0) is 25.8. The number of benzene rings is 2. The number of allylic oxidation sites excluding steroid dienone is 3. The van der Waals surface area contributed by atoms with Gasteiger partial charge in [-0.05, 0) is 135 Å². The molecule has 0 radical (unpaired) electrons. The summed E-state index contributed by atoms with van der Waals surface area (Å²) in [5.74, 6) is 2.51. The molecule has 0 saturated heterocycles. The van der Waals surface area contributed by atoms with Crippen LogP contribution in [0.5, 0.6) is 0 Å². The van der Waals surface area contributed by atoms with E-state index in [2.05, 4.69) is 43.9 Å². The largest absolute Gasteiger partial charge is 0.207 e. The van der Waals surface area contributed by atoms with Gasteiger partial charge in [-0.15, -0.1) is 6.58 Å². The Hall–Kier alpha value is -2.22. The van der Waals surface area contributed by atoms with Crippen LogP contribution in [0.4, 0.5) is 8.78 Å². The predicted octanol–water partition coefficient (Wildman–Crippen LogP) is 10.8. The SMILES string of the molecule is C=CC1CCC(c2ccc(C3=CCC(c4ccc(C5CCC(CCC)CC5)c(F)c4)CC3)c(F)c2)CC1. The van der Waals surface area contributed by atoms with Crippen molar-refractivity contribution in [1.29, 1.82) is 0 Å². The van der Waals surface area contributed by atoms with Crippen LogP contribution in [0, 0.1) is 23.5 Å². The molecule has 0 amide bonds. The molecule has 2 saturated carbocycles. The fourth-order valence-corrected chi connectivity index (χ4v) is 7.41. The molecule has 198 valence electrons. The molecule has 1 unspecified atom stereocenters. The molecule has 0 bridgehead atoms. The summed E-state index contributed by atoms with van der Waals surface area (Å²) in [4.78, 5) is 0. The molecule has 2 fully saturated rings. The average Bonchev–Trinajstić information content (AvgIpc) is 2.94. The summed E-state index contributed by atoms with van der Waals surface area (Å²) in [6, 6.07) is 12.0. The van der Waals surface area contributed by atoms with Crippen LogP contribution in [-0.2, 0) is 0 Å². The van der Waals surface area contributed by atoms with E-state index >= 15 is 8.78 Å². The van der Waals surface area contributed by atoms with Crippen LogP contribution in [0.15, 0.2) is 55.1 Å². The second-order valence-corrected chi connectivity index (χ2v) is 12.1. The third-order valence-corrected chi connectivity index (χ3v) is 9.81. The van der Waals surface area contributed by atoms with Gasteiger partial charge in [0, 0.05) is 5.56 Å². The lowest BCUT2D eigenvalue weighted by molar-refractivity contribution is 0.304. The van der Waals surface area contributed by atoms with Gasteiger partial charge in [0.05, 0.1) is 0 Å². The summed E-state index contributed by atoms with van der Waals surface area (Å²) in [6.07, 6.45) is 18.8. The van der Waals surface area contributed by atoms with E-state index in [-0.39, 0.29) is 11.6 Å². The fourth-order valence-electron chi connectivity index (χ4n) is 7.41. The highest BCUT2D eigenvalue weighted by molar-refractivity contribution is 5.67. The van der Waals surface area contributed by atoms with E-state index in [4.69, 9.17) is 0 Å². The Morgan fingerprint density at radius 3 is 2.08 bits per heavy atom. The number of hydrogen-bond acceptors (Lipinski definition) is 0. The molecule has 2 aromatic carbocycles. The summed E-state index contributed by atoms with van der Waals surface area (Å²) in [6.45, 7) is 6.19. The van der Waals surface area contributed by atoms with Crippen LogP contribution in [0.3, 0.4) is 0 Å². The molecular weight excluding hydrogens is 458 g/mol. The Morgan fingerprint density at radius 1 is 0.784 bits per heavy atom. The van der Waals surface area contributed by atoms with E-state index in [1.54, 1.807) is 12.1 Å². The van der Waals surface area contributed by atoms with Gasteiger partial charge in [0.2, 0.25) is 0 Å². The number of rotatable bonds is 7. The second kappa shape index (κ2) is 12.1. The van der Waals surface area contributed by atoms with E-state index in [0.29, 0.717) is 23.7 Å². The molecule has 0 heterocycles. The minimum atomic E-state index is -0.0860. The van der Waals surface area contributed by atoms with E-state index in [1.807, 2.05) is 6.07 Å². The first-order valence-electron chi connectivity index (χ1n) is 15.0. The van der Waals surface area contributed by atoms with Crippen LogP contribution >= 0.6 is 0 Å². The smallest absolute Gasteiger partial charge is 0.130 e. The average molecular weight is 503 g/mol. The number of halogens is 2. The summed E-state index contributed by atoms with van der Waals surface area (Å²) < 4.78 is 30.4. The van der Waals surface area contributed by atoms with Gasteiger partial charge in [-0.1, -0.05) is 56.2 Å². The van der Waals surface area contributed by atoms with Gasteiger partial charge >= 0.3 is 0 Å². The van der Waals surface area contributed by atoms with Crippen molar-refractivity contribution >= 4 is 5.57 Å². The highest BCUT2D eigenvalue weighted by atomic mass is 19.1. The zero-order valence-electron chi connectivity index (χ0n) is 22.7. The van der Waals surface area contributed by atoms with Crippen molar-refractivity contribution in [1.82, 2.24) is 0 Å². The van der Waals surface area contributed by atoms with Gasteiger partial charge in [-0.2, -0.15) is 0 Å². The molecule has 0 aromatic heterocycles. The van der Waals surface area contributed by atoms with E-state index in [9.17, 15) is 0 Å². The standard InChI is InChI=1S/C35H44F2/c1-3-5-25-8-12-28(13-9-25)32-20-19-31(23-34(32)36)27-14-16-29(17-15-27)33-21-18-30(22-35(33)37)26-10-6-24(4-2)7-11-26/h4,16,18-28H,2-3,5-15,17H2,1H3. The van der Waals surface area contributed by atoms with Gasteiger partial charge in [-0.3, -0.25) is 0 Å². The third-order valence-electron chi connectivity index (χ3n) is 9.81. The van der Waals surface area contributed by atoms with Crippen molar-refractivity contribution in [2.24, 2.45) is 11.8 Å². The molecule has 1 atom stereocenters. The zero-order valence-corrected chi connectivity index (χ0v) is 22.7. The monoisotopic (exact) mass is 502 g/mol. The highest BCUT2D eigenvalue weighted by Gasteiger charge is 2.26. The first kappa shape index (κ1) is 26.4. The van der Waals surface area contributed by atoms with Crippen molar-refractivity contribution < 1.29 is 8.78 Å². The second-order valence-electron chi connectivity index (χ2n) is 12.1. The van der Waals surface area contributed by atoms with Crippen LogP contribution in [0.25, 0.3) is 5.57 Å². The summed E-state index contributed by atoms with van der Waals surface area (Å²) in [5.41, 5.74) is 5.03. The van der Waals surface area contributed by atoms with Gasteiger partial charge in [-0.25, -0.2) is 8.78 Å². The maximum atomic E-state index is 15.2. The molecule has 5 rings (SSSR count). The Balaban J connectivity index is 1.21. The molecule has 0 N–H and O–H groups in total. The predicted molar refractivity (Wildman–Crippen MR) is 152 cm³/mol.